The highest BCUT2D eigenvalue weighted by atomic mass is 32.2. The molecule has 0 unspecified atom stereocenters. The van der Waals surface area contributed by atoms with Gasteiger partial charge in [0.2, 0.25) is 11.7 Å². The zero-order valence-electron chi connectivity index (χ0n) is 17.0. The van der Waals surface area contributed by atoms with E-state index in [0.717, 1.165) is 28.1 Å². The molecule has 1 atom stereocenters. The molecule has 2 amide bonds. The number of fused-ring (bicyclic) bond motifs is 2. The smallest absolute Gasteiger partial charge is 0.291 e. The van der Waals surface area contributed by atoms with Crippen molar-refractivity contribution in [2.75, 3.05) is 17.7 Å². The first-order valence-corrected chi connectivity index (χ1v) is 11.1. The van der Waals surface area contributed by atoms with Crippen molar-refractivity contribution >= 4 is 35.3 Å². The summed E-state index contributed by atoms with van der Waals surface area (Å²) in [4.78, 5) is 32.8. The maximum absolute atomic E-state index is 13.1. The average Bonchev–Trinajstić information content (AvgIpc) is 3.42. The molecule has 2 aliphatic rings. The van der Waals surface area contributed by atoms with Gasteiger partial charge in [0.05, 0.1) is 5.69 Å². The quantitative estimate of drug-likeness (QED) is 0.639. The van der Waals surface area contributed by atoms with Crippen LogP contribution in [-0.2, 0) is 17.6 Å². The summed E-state index contributed by atoms with van der Waals surface area (Å²) in [6.45, 7) is 0. The molecule has 0 saturated heterocycles. The van der Waals surface area contributed by atoms with Crippen LogP contribution in [-0.4, -0.2) is 45.8 Å². The second-order valence-corrected chi connectivity index (χ2v) is 8.69. The van der Waals surface area contributed by atoms with E-state index < -0.39 is 11.9 Å². The normalized spacial score (nSPS) is 16.7. The van der Waals surface area contributed by atoms with Gasteiger partial charge in [0.25, 0.3) is 5.91 Å². The number of allylic oxidation sites excluding steroid dienone is 1. The number of H-pyrrole nitrogens is 1. The minimum Gasteiger partial charge on any atom is -0.337 e. The number of hydrogen-bond donors (Lipinski definition) is 2. The topological polar surface area (TPSA) is 91.0 Å². The largest absolute Gasteiger partial charge is 0.337 e. The highest BCUT2D eigenvalue weighted by Gasteiger charge is 2.31. The molecule has 0 fully saturated rings. The Morgan fingerprint density at radius 3 is 2.91 bits per heavy atom. The Labute approximate surface area is 191 Å². The molecule has 3 aromatic rings. The number of aromatic nitrogens is 3. The first-order chi connectivity index (χ1) is 15.1. The number of thioether (sulfide) groups is 1. The number of carbonyl (C=O) groups excluding carboxylic acids is 2. The van der Waals surface area contributed by atoms with Crippen LogP contribution < -0.4 is 10.2 Å². The van der Waals surface area contributed by atoms with Gasteiger partial charge in [0, 0.05) is 24.1 Å². The maximum atomic E-state index is 13.1. The zero-order valence-corrected chi connectivity index (χ0v) is 17.8. The number of benzene rings is 2. The number of likely N-dealkylation sites (N-methyl/N-ethyl adjacent to an activating group) is 1. The zero-order chi connectivity index (χ0) is 21.4. The summed E-state index contributed by atoms with van der Waals surface area (Å²) in [6.07, 6.45) is 5.68. The number of amides is 2. The second kappa shape index (κ2) is 9.00. The Morgan fingerprint density at radius 1 is 1.28 bits per heavy atom. The van der Waals surface area contributed by atoms with E-state index in [9.17, 15) is 9.59 Å². The van der Waals surface area contributed by atoms with E-state index in [1.807, 2.05) is 36.4 Å². The predicted molar refractivity (Wildman–Crippen MR) is 127 cm³/mol. The van der Waals surface area contributed by atoms with Crippen LogP contribution in [0.3, 0.4) is 0 Å². The van der Waals surface area contributed by atoms with Crippen LogP contribution in [0.5, 0.6) is 0 Å². The molecular weight excluding hydrogens is 422 g/mol. The fraction of sp³-hybridized carbons (Fsp3) is 0.250. The van der Waals surface area contributed by atoms with Gasteiger partial charge in [0.1, 0.15) is 11.9 Å². The molecule has 2 N–H and O–H groups in total. The molecule has 1 aliphatic carbocycles. The molecular formula is C24H25N5O2S. The number of nitrogens with one attached hydrogen (secondary N) is 2. The highest BCUT2D eigenvalue weighted by molar-refractivity contribution is 7.99. The van der Waals surface area contributed by atoms with Crippen LogP contribution in [0.4, 0.5) is 5.69 Å². The summed E-state index contributed by atoms with van der Waals surface area (Å²) in [5.74, 6) is 0.484. The molecule has 8 heteroatoms. The summed E-state index contributed by atoms with van der Waals surface area (Å²) >= 11 is 1.58. The lowest BCUT2D eigenvalue weighted by atomic mass is 10.1. The molecule has 0 bridgehead atoms. The van der Waals surface area contributed by atoms with Gasteiger partial charge in [0.15, 0.2) is 0 Å². The minimum absolute atomic E-state index is 0. The Morgan fingerprint density at radius 2 is 2.09 bits per heavy atom. The molecule has 1 aliphatic heterocycles. The van der Waals surface area contributed by atoms with Gasteiger partial charge in [-0.1, -0.05) is 49.9 Å². The molecule has 7 nitrogen and oxygen atoms in total. The maximum Gasteiger partial charge on any atom is 0.291 e. The Kier molecular flexibility index (Phi) is 6.14. The standard InChI is InChI=1S/C23H21N5O2S.CH4/c1-28-18-11-15-8-5-9-16(15)12-19(18)31-13-17(23(28)30)24-22(29)21-25-20(26-27-21)10-14-6-3-2-4-7-14;/h2-8,11-12,17H,9-10,13H2,1H3,(H,24,29)(H,25,26,27);1H4/t17-;/m0./s1. The molecule has 2 aromatic carbocycles. The lowest BCUT2D eigenvalue weighted by molar-refractivity contribution is -0.119. The van der Waals surface area contributed by atoms with Gasteiger partial charge < -0.3 is 10.2 Å². The van der Waals surface area contributed by atoms with Gasteiger partial charge in [-0.15, -0.1) is 16.9 Å². The van der Waals surface area contributed by atoms with E-state index in [1.165, 1.54) is 5.56 Å². The average molecular weight is 448 g/mol. The number of anilines is 1. The van der Waals surface area contributed by atoms with Gasteiger partial charge >= 0.3 is 0 Å². The van der Waals surface area contributed by atoms with Crippen molar-refractivity contribution in [3.8, 4) is 0 Å². The van der Waals surface area contributed by atoms with E-state index in [0.29, 0.717) is 18.0 Å². The summed E-state index contributed by atoms with van der Waals surface area (Å²) in [5.41, 5.74) is 4.36. The SMILES string of the molecule is C.CN1C(=O)[C@@H](NC(=O)c2n[nH]c(Cc3ccccc3)n2)CSc2cc3c(cc21)C=CC3. The summed E-state index contributed by atoms with van der Waals surface area (Å²) in [7, 11) is 1.75. The van der Waals surface area contributed by atoms with Gasteiger partial charge in [-0.2, -0.15) is 0 Å². The fourth-order valence-electron chi connectivity index (χ4n) is 3.84. The van der Waals surface area contributed by atoms with Crippen LogP contribution in [0.2, 0.25) is 0 Å². The van der Waals surface area contributed by atoms with Crippen LogP contribution in [0.15, 0.2) is 53.4 Å². The van der Waals surface area contributed by atoms with Crippen molar-refractivity contribution in [1.29, 1.82) is 0 Å². The molecule has 2 heterocycles. The number of carbonyl (C=O) groups is 2. The summed E-state index contributed by atoms with van der Waals surface area (Å²) < 4.78 is 0. The van der Waals surface area contributed by atoms with Crippen molar-refractivity contribution in [2.24, 2.45) is 0 Å². The number of hydrogen-bond acceptors (Lipinski definition) is 5. The third-order valence-corrected chi connectivity index (χ3v) is 6.64. The second-order valence-electron chi connectivity index (χ2n) is 7.63. The minimum atomic E-state index is -0.656. The van der Waals surface area contributed by atoms with Crippen molar-refractivity contribution < 1.29 is 9.59 Å². The van der Waals surface area contributed by atoms with Crippen LogP contribution in [0.25, 0.3) is 6.08 Å². The summed E-state index contributed by atoms with van der Waals surface area (Å²) in [6, 6.07) is 13.4. The molecule has 0 saturated carbocycles. The number of nitrogens with zero attached hydrogens (tertiary/aromatic N) is 3. The van der Waals surface area contributed by atoms with Crippen LogP contribution in [0, 0.1) is 0 Å². The molecule has 164 valence electrons. The van der Waals surface area contributed by atoms with E-state index in [4.69, 9.17) is 0 Å². The van der Waals surface area contributed by atoms with Crippen molar-refractivity contribution in [1.82, 2.24) is 20.5 Å². The fourth-order valence-corrected chi connectivity index (χ4v) is 4.98. The van der Waals surface area contributed by atoms with E-state index in [-0.39, 0.29) is 19.2 Å². The highest BCUT2D eigenvalue weighted by Crippen LogP contribution is 2.38. The van der Waals surface area contributed by atoms with Crippen LogP contribution in [0.1, 0.15) is 40.6 Å². The van der Waals surface area contributed by atoms with E-state index >= 15 is 0 Å². The molecule has 0 spiro atoms. The predicted octanol–water partition coefficient (Wildman–Crippen LogP) is 3.47. The number of rotatable bonds is 4. The van der Waals surface area contributed by atoms with Crippen molar-refractivity contribution in [2.45, 2.75) is 31.2 Å². The van der Waals surface area contributed by atoms with E-state index in [1.54, 1.807) is 23.7 Å². The monoisotopic (exact) mass is 447 g/mol. The molecule has 0 radical (unpaired) electrons. The Bertz CT molecular complexity index is 1190. The first-order valence-electron chi connectivity index (χ1n) is 10.1. The van der Waals surface area contributed by atoms with Crippen molar-refractivity contribution in [3.05, 3.63) is 76.9 Å². The lowest BCUT2D eigenvalue weighted by Crippen LogP contribution is -2.48. The molecule has 5 rings (SSSR count). The van der Waals surface area contributed by atoms with Crippen LogP contribution >= 0.6 is 11.8 Å². The van der Waals surface area contributed by atoms with E-state index in [2.05, 4.69) is 38.7 Å². The molecule has 1 aromatic heterocycles. The van der Waals surface area contributed by atoms with Gasteiger partial charge in [-0.25, -0.2) is 4.98 Å². The van der Waals surface area contributed by atoms with Crippen molar-refractivity contribution in [3.63, 3.8) is 0 Å². The third-order valence-electron chi connectivity index (χ3n) is 5.51. The Hall–Kier alpha value is -3.39. The van der Waals surface area contributed by atoms with Gasteiger partial charge in [-0.05, 0) is 35.2 Å². The summed E-state index contributed by atoms with van der Waals surface area (Å²) in [5, 5.41) is 9.67. The van der Waals surface area contributed by atoms with Gasteiger partial charge in [-0.3, -0.25) is 14.7 Å². The first kappa shape index (κ1) is 21.8. The Balaban J connectivity index is 0.00000245. The lowest BCUT2D eigenvalue weighted by Gasteiger charge is -2.21. The third kappa shape index (κ3) is 4.18. The molecule has 32 heavy (non-hydrogen) atoms. The number of aromatic amines is 1.